The molecule has 0 spiro atoms. The Morgan fingerprint density at radius 1 is 1.26 bits per heavy atom. The molecule has 2 aromatic heterocycles. The van der Waals surface area contributed by atoms with Gasteiger partial charge >= 0.3 is 0 Å². The van der Waals surface area contributed by atoms with E-state index in [2.05, 4.69) is 16.2 Å². The lowest BCUT2D eigenvalue weighted by Gasteiger charge is -2.09. The van der Waals surface area contributed by atoms with Crippen molar-refractivity contribution >= 4 is 5.65 Å². The molecule has 0 aliphatic heterocycles. The Hall–Kier alpha value is -2.91. The molecule has 0 saturated carbocycles. The Bertz CT molecular complexity index is 918. The highest BCUT2D eigenvalue weighted by Gasteiger charge is 2.17. The summed E-state index contributed by atoms with van der Waals surface area (Å²) >= 11 is 0. The van der Waals surface area contributed by atoms with Crippen LogP contribution in [-0.4, -0.2) is 21.1 Å². The number of hydrogen-bond donors (Lipinski definition) is 2. The Morgan fingerprint density at radius 3 is 2.74 bits per heavy atom. The smallest absolute Gasteiger partial charge is 0.276 e. The van der Waals surface area contributed by atoms with E-state index in [0.29, 0.717) is 35.4 Å². The number of H-pyrrole nitrogens is 1. The third kappa shape index (κ3) is 2.74. The fraction of sp³-hybridized carbons (Fsp3) is 0.235. The number of hydrogen-bond acceptors (Lipinski definition) is 4. The van der Waals surface area contributed by atoms with Gasteiger partial charge in [-0.05, 0) is 25.8 Å². The molecule has 0 atom stereocenters. The van der Waals surface area contributed by atoms with E-state index < -0.39 is 0 Å². The van der Waals surface area contributed by atoms with Crippen molar-refractivity contribution in [1.29, 1.82) is 5.26 Å². The number of nitrogens with zero attached hydrogens (tertiary/aromatic N) is 3. The number of fused-ring (bicyclic) bond motifs is 1. The molecule has 23 heavy (non-hydrogen) atoms. The van der Waals surface area contributed by atoms with Crippen LogP contribution in [0.4, 0.5) is 0 Å². The Morgan fingerprint density at radius 2 is 2.04 bits per heavy atom. The molecule has 3 rings (SSSR count). The first kappa shape index (κ1) is 15.0. The first-order chi connectivity index (χ1) is 11.3. The standard InChI is InChI=1S/C17H17N5O/c18-9-5-4-8-14-15(12-6-2-1-3-7-12)21-16-13(10-19)11-20-22(16)17(14)23/h1-3,6-7,11,20H,4-5,8-9,18H2. The molecule has 0 bridgehead atoms. The van der Waals surface area contributed by atoms with Crippen molar-refractivity contribution < 1.29 is 0 Å². The Balaban J connectivity index is 2.23. The molecule has 0 amide bonds. The molecule has 0 unspecified atom stereocenters. The van der Waals surface area contributed by atoms with Gasteiger partial charge in [0.05, 0.1) is 5.69 Å². The third-order valence-corrected chi connectivity index (χ3v) is 3.80. The van der Waals surface area contributed by atoms with E-state index in [1.54, 1.807) is 0 Å². The zero-order chi connectivity index (χ0) is 16.2. The summed E-state index contributed by atoms with van der Waals surface area (Å²) in [5.74, 6) is 0. The lowest BCUT2D eigenvalue weighted by Crippen LogP contribution is -2.22. The van der Waals surface area contributed by atoms with Crippen molar-refractivity contribution in [3.63, 3.8) is 0 Å². The number of nitriles is 1. The van der Waals surface area contributed by atoms with E-state index in [9.17, 15) is 10.1 Å². The number of rotatable bonds is 5. The SMILES string of the molecule is N#Cc1c[nH]n2c(=O)c(CCCCN)c(-c3ccccc3)nc12. The molecule has 0 aliphatic carbocycles. The van der Waals surface area contributed by atoms with Gasteiger partial charge in [-0.2, -0.15) is 5.26 Å². The van der Waals surface area contributed by atoms with Crippen LogP contribution in [0.1, 0.15) is 24.0 Å². The zero-order valence-electron chi connectivity index (χ0n) is 12.6. The molecule has 116 valence electrons. The van der Waals surface area contributed by atoms with E-state index in [4.69, 9.17) is 5.73 Å². The van der Waals surface area contributed by atoms with Crippen LogP contribution in [0.3, 0.4) is 0 Å². The second-order valence-corrected chi connectivity index (χ2v) is 5.31. The van der Waals surface area contributed by atoms with E-state index in [1.165, 1.54) is 10.7 Å². The van der Waals surface area contributed by atoms with Crippen LogP contribution in [0, 0.1) is 11.3 Å². The van der Waals surface area contributed by atoms with Crippen molar-refractivity contribution in [3.05, 3.63) is 58.0 Å². The van der Waals surface area contributed by atoms with Crippen LogP contribution in [0.5, 0.6) is 0 Å². The molecule has 3 aromatic rings. The maximum absolute atomic E-state index is 12.8. The number of aromatic nitrogens is 3. The van der Waals surface area contributed by atoms with E-state index in [1.807, 2.05) is 30.3 Å². The van der Waals surface area contributed by atoms with E-state index >= 15 is 0 Å². The number of benzene rings is 1. The highest BCUT2D eigenvalue weighted by atomic mass is 16.1. The molecule has 6 nitrogen and oxygen atoms in total. The maximum atomic E-state index is 12.8. The maximum Gasteiger partial charge on any atom is 0.276 e. The van der Waals surface area contributed by atoms with Gasteiger partial charge in [-0.3, -0.25) is 9.89 Å². The van der Waals surface area contributed by atoms with Crippen LogP contribution in [-0.2, 0) is 6.42 Å². The molecule has 0 aliphatic rings. The lowest BCUT2D eigenvalue weighted by atomic mass is 10.0. The predicted molar refractivity (Wildman–Crippen MR) is 88.0 cm³/mol. The van der Waals surface area contributed by atoms with Crippen molar-refractivity contribution in [3.8, 4) is 17.3 Å². The van der Waals surface area contributed by atoms with Crippen LogP contribution >= 0.6 is 0 Å². The first-order valence-electron chi connectivity index (χ1n) is 7.55. The Kier molecular flexibility index (Phi) is 4.22. The molecule has 0 radical (unpaired) electrons. The van der Waals surface area contributed by atoms with Gasteiger partial charge in [-0.25, -0.2) is 9.50 Å². The molecular formula is C17H17N5O. The third-order valence-electron chi connectivity index (χ3n) is 3.80. The minimum atomic E-state index is -0.160. The normalized spacial score (nSPS) is 10.8. The first-order valence-corrected chi connectivity index (χ1v) is 7.55. The topological polar surface area (TPSA) is 100.0 Å². The van der Waals surface area contributed by atoms with Gasteiger partial charge < -0.3 is 5.73 Å². The minimum Gasteiger partial charge on any atom is -0.330 e. The number of unbranched alkanes of at least 4 members (excludes halogenated alkanes) is 1. The quantitative estimate of drug-likeness (QED) is 0.702. The summed E-state index contributed by atoms with van der Waals surface area (Å²) in [4.78, 5) is 17.4. The van der Waals surface area contributed by atoms with Crippen molar-refractivity contribution in [2.24, 2.45) is 5.73 Å². The van der Waals surface area contributed by atoms with Gasteiger partial charge in [0.2, 0.25) is 0 Å². The summed E-state index contributed by atoms with van der Waals surface area (Å²) in [6.07, 6.45) is 3.79. The fourth-order valence-electron chi connectivity index (χ4n) is 2.64. The van der Waals surface area contributed by atoms with Gasteiger partial charge in [-0.1, -0.05) is 30.3 Å². The highest BCUT2D eigenvalue weighted by Crippen LogP contribution is 2.22. The van der Waals surface area contributed by atoms with Gasteiger partial charge in [0.15, 0.2) is 5.65 Å². The summed E-state index contributed by atoms with van der Waals surface area (Å²) in [5.41, 5.74) is 8.27. The second-order valence-electron chi connectivity index (χ2n) is 5.31. The molecule has 6 heteroatoms. The van der Waals surface area contributed by atoms with Crippen LogP contribution in [0.2, 0.25) is 0 Å². The molecule has 3 N–H and O–H groups in total. The van der Waals surface area contributed by atoms with Crippen molar-refractivity contribution in [2.75, 3.05) is 6.54 Å². The summed E-state index contributed by atoms with van der Waals surface area (Å²) in [6, 6.07) is 11.6. The summed E-state index contributed by atoms with van der Waals surface area (Å²) < 4.78 is 1.34. The lowest BCUT2D eigenvalue weighted by molar-refractivity contribution is 0.731. The summed E-state index contributed by atoms with van der Waals surface area (Å²) in [7, 11) is 0. The summed E-state index contributed by atoms with van der Waals surface area (Å²) in [5, 5.41) is 12.0. The summed E-state index contributed by atoms with van der Waals surface area (Å²) in [6.45, 7) is 0.596. The van der Waals surface area contributed by atoms with Crippen LogP contribution < -0.4 is 11.3 Å². The molecule has 0 saturated heterocycles. The van der Waals surface area contributed by atoms with Gasteiger partial charge in [0.1, 0.15) is 11.6 Å². The van der Waals surface area contributed by atoms with Gasteiger partial charge in [-0.15, -0.1) is 0 Å². The number of aromatic amines is 1. The monoisotopic (exact) mass is 307 g/mol. The van der Waals surface area contributed by atoms with Crippen LogP contribution in [0.25, 0.3) is 16.9 Å². The molecule has 0 fully saturated rings. The second kappa shape index (κ2) is 6.46. The highest BCUT2D eigenvalue weighted by molar-refractivity contribution is 5.67. The van der Waals surface area contributed by atoms with Crippen molar-refractivity contribution in [2.45, 2.75) is 19.3 Å². The van der Waals surface area contributed by atoms with Gasteiger partial charge in [0.25, 0.3) is 5.56 Å². The number of nitrogens with two attached hydrogens (primary N) is 1. The van der Waals surface area contributed by atoms with Crippen molar-refractivity contribution in [1.82, 2.24) is 14.6 Å². The number of nitrogens with one attached hydrogen (secondary N) is 1. The molecule has 1 aromatic carbocycles. The largest absolute Gasteiger partial charge is 0.330 e. The molecule has 2 heterocycles. The predicted octanol–water partition coefficient (Wildman–Crippen LogP) is 1.84. The Labute approximate surface area is 133 Å². The zero-order valence-corrected chi connectivity index (χ0v) is 12.6. The minimum absolute atomic E-state index is 0.160. The van der Waals surface area contributed by atoms with Crippen LogP contribution in [0.15, 0.2) is 41.3 Å². The van der Waals surface area contributed by atoms with E-state index in [0.717, 1.165) is 18.4 Å². The molecular weight excluding hydrogens is 290 g/mol. The van der Waals surface area contributed by atoms with E-state index in [-0.39, 0.29) is 5.56 Å². The average Bonchev–Trinajstić information content (AvgIpc) is 3.01. The van der Waals surface area contributed by atoms with Gasteiger partial charge in [0, 0.05) is 17.3 Å². The average molecular weight is 307 g/mol. The fourth-order valence-corrected chi connectivity index (χ4v) is 2.64.